The molecule has 1 amide bonds. The van der Waals surface area contributed by atoms with Crippen LogP contribution in [0.4, 0.5) is 5.82 Å². The number of benzene rings is 1. The monoisotopic (exact) mass is 391 g/mol. The molecule has 152 valence electrons. The number of aromatic nitrogens is 1. The summed E-state index contributed by atoms with van der Waals surface area (Å²) < 4.78 is 0. The molecule has 0 bridgehead atoms. The van der Waals surface area contributed by atoms with Gasteiger partial charge in [0, 0.05) is 44.4 Å². The van der Waals surface area contributed by atoms with Gasteiger partial charge in [-0.1, -0.05) is 18.2 Å². The number of rotatable bonds is 6. The molecule has 5 heteroatoms. The van der Waals surface area contributed by atoms with Crippen molar-refractivity contribution in [1.29, 1.82) is 0 Å². The first kappa shape index (κ1) is 19.6. The Bertz CT molecular complexity index is 895. The average molecular weight is 392 g/mol. The molecule has 0 N–H and O–H groups in total. The second kappa shape index (κ2) is 8.36. The van der Waals surface area contributed by atoms with Crippen LogP contribution < -0.4 is 4.90 Å². The van der Waals surface area contributed by atoms with E-state index < -0.39 is 0 Å². The van der Waals surface area contributed by atoms with Crippen LogP contribution in [0.2, 0.25) is 0 Å². The van der Waals surface area contributed by atoms with Crippen molar-refractivity contribution in [3.05, 3.63) is 58.8 Å². The molecule has 1 aromatic heterocycles. The van der Waals surface area contributed by atoms with Gasteiger partial charge in [0.2, 0.25) is 0 Å². The van der Waals surface area contributed by atoms with E-state index in [4.69, 9.17) is 4.98 Å². The van der Waals surface area contributed by atoms with Gasteiger partial charge in [0.1, 0.15) is 11.6 Å². The topological polar surface area (TPSA) is 53.5 Å². The normalized spacial score (nSPS) is 16.8. The Morgan fingerprint density at radius 1 is 1.07 bits per heavy atom. The highest BCUT2D eigenvalue weighted by atomic mass is 16.2. The van der Waals surface area contributed by atoms with Crippen molar-refractivity contribution in [2.45, 2.75) is 45.4 Å². The van der Waals surface area contributed by atoms with Gasteiger partial charge in [-0.2, -0.15) is 0 Å². The summed E-state index contributed by atoms with van der Waals surface area (Å²) in [6, 6.07) is 9.96. The van der Waals surface area contributed by atoms with E-state index in [2.05, 4.69) is 17.9 Å². The van der Waals surface area contributed by atoms with E-state index in [-0.39, 0.29) is 11.7 Å². The minimum absolute atomic E-state index is 0.0801. The van der Waals surface area contributed by atoms with Crippen molar-refractivity contribution in [2.24, 2.45) is 0 Å². The van der Waals surface area contributed by atoms with E-state index in [0.717, 1.165) is 36.8 Å². The molecule has 1 saturated heterocycles. The number of nitrogens with zero attached hydrogens (tertiary/aromatic N) is 3. The molecule has 2 aromatic rings. The van der Waals surface area contributed by atoms with Gasteiger partial charge in [-0.25, -0.2) is 4.98 Å². The van der Waals surface area contributed by atoms with Crippen LogP contribution in [0.15, 0.2) is 36.5 Å². The molecule has 1 aromatic carbocycles. The molecule has 0 radical (unpaired) electrons. The van der Waals surface area contributed by atoms with Gasteiger partial charge < -0.3 is 14.6 Å². The molecule has 1 aliphatic heterocycles. The number of anilines is 1. The van der Waals surface area contributed by atoms with Crippen molar-refractivity contribution >= 4 is 17.5 Å². The van der Waals surface area contributed by atoms with Crippen molar-refractivity contribution < 1.29 is 9.59 Å². The Morgan fingerprint density at radius 3 is 2.34 bits per heavy atom. The SMILES string of the molecule is CC(=O)CCc1ccc(C(=O)N2CCN(c3ncc(C4CC4)cc3C)CC2)cc1. The Labute approximate surface area is 172 Å². The van der Waals surface area contributed by atoms with Gasteiger partial charge in [-0.05, 0) is 67.9 Å². The first-order chi connectivity index (χ1) is 14.0. The average Bonchev–Trinajstić information content (AvgIpc) is 3.58. The summed E-state index contributed by atoms with van der Waals surface area (Å²) in [5, 5.41) is 0. The molecule has 1 aliphatic carbocycles. The van der Waals surface area contributed by atoms with E-state index in [0.29, 0.717) is 25.1 Å². The number of hydrogen-bond donors (Lipinski definition) is 0. The molecule has 5 nitrogen and oxygen atoms in total. The summed E-state index contributed by atoms with van der Waals surface area (Å²) >= 11 is 0. The highest BCUT2D eigenvalue weighted by Crippen LogP contribution is 2.40. The first-order valence-electron chi connectivity index (χ1n) is 10.6. The zero-order chi connectivity index (χ0) is 20.4. The third-order valence-corrected chi connectivity index (χ3v) is 5.95. The van der Waals surface area contributed by atoms with Gasteiger partial charge in [0.05, 0.1) is 0 Å². The summed E-state index contributed by atoms with van der Waals surface area (Å²) in [5.74, 6) is 2.04. The number of Topliss-reactive ketones (excluding diaryl/α,β-unsaturated/α-hetero) is 1. The molecular weight excluding hydrogens is 362 g/mol. The number of aryl methyl sites for hydroxylation is 2. The lowest BCUT2D eigenvalue weighted by Gasteiger charge is -2.36. The molecule has 0 spiro atoms. The number of ketones is 1. The van der Waals surface area contributed by atoms with Crippen LogP contribution in [0.3, 0.4) is 0 Å². The predicted molar refractivity (Wildman–Crippen MR) is 115 cm³/mol. The molecule has 2 fully saturated rings. The fraction of sp³-hybridized carbons (Fsp3) is 0.458. The Morgan fingerprint density at radius 2 is 1.76 bits per heavy atom. The molecular formula is C24H29N3O2. The van der Waals surface area contributed by atoms with Gasteiger partial charge in [-0.15, -0.1) is 0 Å². The lowest BCUT2D eigenvalue weighted by Crippen LogP contribution is -2.49. The molecule has 2 aliphatic rings. The van der Waals surface area contributed by atoms with Crippen molar-refractivity contribution in [3.63, 3.8) is 0 Å². The molecule has 1 saturated carbocycles. The molecule has 2 heterocycles. The summed E-state index contributed by atoms with van der Waals surface area (Å²) in [5.41, 5.74) is 4.41. The van der Waals surface area contributed by atoms with Crippen LogP contribution >= 0.6 is 0 Å². The number of amides is 1. The number of piperazine rings is 1. The number of hydrogen-bond acceptors (Lipinski definition) is 4. The van der Waals surface area contributed by atoms with Crippen LogP contribution in [-0.2, 0) is 11.2 Å². The third-order valence-electron chi connectivity index (χ3n) is 5.95. The largest absolute Gasteiger partial charge is 0.353 e. The predicted octanol–water partition coefficient (Wildman–Crippen LogP) is 3.75. The quantitative estimate of drug-likeness (QED) is 0.753. The standard InChI is InChI=1S/C24H29N3O2/c1-17-15-22(20-9-10-20)16-25-23(17)26-11-13-27(14-12-26)24(29)21-7-5-19(6-8-21)4-3-18(2)28/h5-8,15-16,20H,3-4,9-14H2,1-2H3. The second-order valence-corrected chi connectivity index (χ2v) is 8.36. The van der Waals surface area contributed by atoms with Crippen molar-refractivity contribution in [3.8, 4) is 0 Å². The number of pyridine rings is 1. The maximum Gasteiger partial charge on any atom is 0.253 e. The zero-order valence-corrected chi connectivity index (χ0v) is 17.4. The fourth-order valence-corrected chi connectivity index (χ4v) is 4.00. The third kappa shape index (κ3) is 4.66. The highest BCUT2D eigenvalue weighted by Gasteiger charge is 2.26. The molecule has 29 heavy (non-hydrogen) atoms. The van der Waals surface area contributed by atoms with E-state index in [1.807, 2.05) is 35.4 Å². The van der Waals surface area contributed by atoms with Gasteiger partial charge in [-0.3, -0.25) is 4.79 Å². The Kier molecular flexibility index (Phi) is 5.65. The van der Waals surface area contributed by atoms with E-state index in [1.54, 1.807) is 6.92 Å². The molecule has 4 rings (SSSR count). The maximum absolute atomic E-state index is 12.9. The Balaban J connectivity index is 1.34. The lowest BCUT2D eigenvalue weighted by atomic mass is 10.1. The van der Waals surface area contributed by atoms with E-state index >= 15 is 0 Å². The summed E-state index contributed by atoms with van der Waals surface area (Å²) in [6.07, 6.45) is 5.89. The van der Waals surface area contributed by atoms with E-state index in [1.165, 1.54) is 24.0 Å². The number of carbonyl (C=O) groups excluding carboxylic acids is 2. The summed E-state index contributed by atoms with van der Waals surface area (Å²) in [4.78, 5) is 32.9. The summed E-state index contributed by atoms with van der Waals surface area (Å²) in [6.45, 7) is 6.76. The molecule has 0 unspecified atom stereocenters. The number of carbonyl (C=O) groups is 2. The van der Waals surface area contributed by atoms with Crippen LogP contribution in [-0.4, -0.2) is 47.8 Å². The van der Waals surface area contributed by atoms with Crippen molar-refractivity contribution in [2.75, 3.05) is 31.1 Å². The minimum atomic E-state index is 0.0801. The van der Waals surface area contributed by atoms with Gasteiger partial charge >= 0.3 is 0 Å². The second-order valence-electron chi connectivity index (χ2n) is 8.36. The lowest BCUT2D eigenvalue weighted by molar-refractivity contribution is -0.116. The molecule has 0 atom stereocenters. The van der Waals surface area contributed by atoms with Crippen LogP contribution in [0.1, 0.15) is 59.2 Å². The fourth-order valence-electron chi connectivity index (χ4n) is 4.00. The Hall–Kier alpha value is -2.69. The van der Waals surface area contributed by atoms with Crippen LogP contribution in [0.5, 0.6) is 0 Å². The smallest absolute Gasteiger partial charge is 0.253 e. The zero-order valence-electron chi connectivity index (χ0n) is 17.4. The van der Waals surface area contributed by atoms with Crippen LogP contribution in [0.25, 0.3) is 0 Å². The minimum Gasteiger partial charge on any atom is -0.353 e. The summed E-state index contributed by atoms with van der Waals surface area (Å²) in [7, 11) is 0. The van der Waals surface area contributed by atoms with Crippen LogP contribution in [0, 0.1) is 6.92 Å². The highest BCUT2D eigenvalue weighted by molar-refractivity contribution is 5.94. The van der Waals surface area contributed by atoms with Crippen molar-refractivity contribution in [1.82, 2.24) is 9.88 Å². The first-order valence-corrected chi connectivity index (χ1v) is 10.6. The van der Waals surface area contributed by atoms with Gasteiger partial charge in [0.15, 0.2) is 0 Å². The van der Waals surface area contributed by atoms with E-state index in [9.17, 15) is 9.59 Å². The van der Waals surface area contributed by atoms with Gasteiger partial charge in [0.25, 0.3) is 5.91 Å². The maximum atomic E-state index is 12.9.